The molecule has 100 valence electrons. The summed E-state index contributed by atoms with van der Waals surface area (Å²) in [5.74, 6) is 0.451. The van der Waals surface area contributed by atoms with Gasteiger partial charge >= 0.3 is 0 Å². The standard InChI is InChI=1S/C12H19N3O3/c1-12(17)4-6-15(7-5-12)11(16)9-8-10(18-3)14(2)13-9/h8,17H,4-7H2,1-3H3. The minimum absolute atomic E-state index is 0.107. The molecule has 0 atom stereocenters. The molecule has 1 aromatic rings. The van der Waals surface area contributed by atoms with Gasteiger partial charge in [-0.3, -0.25) is 4.79 Å². The summed E-state index contributed by atoms with van der Waals surface area (Å²) in [5, 5.41) is 14.0. The molecule has 1 aliphatic heterocycles. The zero-order chi connectivity index (χ0) is 13.3. The van der Waals surface area contributed by atoms with Crippen LogP contribution in [0.2, 0.25) is 0 Å². The van der Waals surface area contributed by atoms with Crippen LogP contribution in [0.4, 0.5) is 0 Å². The number of ether oxygens (including phenoxy) is 1. The first-order valence-electron chi connectivity index (χ1n) is 6.03. The van der Waals surface area contributed by atoms with Crippen molar-refractivity contribution in [2.24, 2.45) is 7.05 Å². The normalized spacial score (nSPS) is 18.8. The predicted molar refractivity (Wildman–Crippen MR) is 65.5 cm³/mol. The Morgan fingerprint density at radius 2 is 2.11 bits per heavy atom. The van der Waals surface area contributed by atoms with Crippen LogP contribution in [0.1, 0.15) is 30.3 Å². The Labute approximate surface area is 106 Å². The van der Waals surface area contributed by atoms with Gasteiger partial charge in [-0.1, -0.05) is 0 Å². The van der Waals surface area contributed by atoms with Crippen LogP contribution in [0.5, 0.6) is 5.88 Å². The first-order chi connectivity index (χ1) is 8.43. The molecule has 2 heterocycles. The van der Waals surface area contributed by atoms with E-state index < -0.39 is 5.60 Å². The second-order valence-electron chi connectivity index (χ2n) is 4.98. The van der Waals surface area contributed by atoms with Crippen molar-refractivity contribution in [1.29, 1.82) is 0 Å². The molecule has 0 bridgehead atoms. The molecule has 6 heteroatoms. The Hall–Kier alpha value is -1.56. The third kappa shape index (κ3) is 2.48. The van der Waals surface area contributed by atoms with Crippen molar-refractivity contribution in [3.8, 4) is 5.88 Å². The Bertz CT molecular complexity index is 443. The lowest BCUT2D eigenvalue weighted by Gasteiger charge is -2.35. The summed E-state index contributed by atoms with van der Waals surface area (Å²) in [6.07, 6.45) is 1.20. The third-order valence-corrected chi connectivity index (χ3v) is 3.39. The minimum Gasteiger partial charge on any atom is -0.481 e. The predicted octanol–water partition coefficient (Wildman–Crippen LogP) is 0.416. The number of amides is 1. The molecule has 1 amide bonds. The van der Waals surface area contributed by atoms with Crippen molar-refractivity contribution < 1.29 is 14.6 Å². The highest BCUT2D eigenvalue weighted by molar-refractivity contribution is 5.92. The minimum atomic E-state index is -0.654. The Morgan fingerprint density at radius 3 is 2.61 bits per heavy atom. The molecule has 0 unspecified atom stereocenters. The Morgan fingerprint density at radius 1 is 1.50 bits per heavy atom. The SMILES string of the molecule is COc1cc(C(=O)N2CCC(C)(O)CC2)nn1C. The van der Waals surface area contributed by atoms with Crippen LogP contribution in [-0.4, -0.2) is 51.5 Å². The summed E-state index contributed by atoms with van der Waals surface area (Å²) < 4.78 is 6.62. The summed E-state index contributed by atoms with van der Waals surface area (Å²) in [7, 11) is 3.28. The fourth-order valence-corrected chi connectivity index (χ4v) is 2.10. The van der Waals surface area contributed by atoms with Crippen molar-refractivity contribution in [3.05, 3.63) is 11.8 Å². The summed E-state index contributed by atoms with van der Waals surface area (Å²) in [6, 6.07) is 1.63. The van der Waals surface area contributed by atoms with E-state index in [0.717, 1.165) is 0 Å². The quantitative estimate of drug-likeness (QED) is 0.829. The van der Waals surface area contributed by atoms with E-state index in [-0.39, 0.29) is 5.91 Å². The summed E-state index contributed by atoms with van der Waals surface area (Å²) in [6.45, 7) is 2.92. The van der Waals surface area contributed by atoms with E-state index >= 15 is 0 Å². The number of rotatable bonds is 2. The third-order valence-electron chi connectivity index (χ3n) is 3.39. The lowest BCUT2D eigenvalue weighted by Crippen LogP contribution is -2.45. The molecule has 1 aliphatic rings. The molecule has 2 rings (SSSR count). The van der Waals surface area contributed by atoms with E-state index in [1.807, 2.05) is 0 Å². The van der Waals surface area contributed by atoms with Crippen molar-refractivity contribution in [1.82, 2.24) is 14.7 Å². The maximum atomic E-state index is 12.2. The number of nitrogens with zero attached hydrogens (tertiary/aromatic N) is 3. The highest BCUT2D eigenvalue weighted by Crippen LogP contribution is 2.22. The van der Waals surface area contributed by atoms with E-state index in [1.165, 1.54) is 4.68 Å². The average molecular weight is 253 g/mol. The number of aliphatic hydroxyl groups is 1. The van der Waals surface area contributed by atoms with Crippen LogP contribution >= 0.6 is 0 Å². The molecule has 18 heavy (non-hydrogen) atoms. The van der Waals surface area contributed by atoms with Gasteiger partial charge in [0.25, 0.3) is 5.91 Å². The fourth-order valence-electron chi connectivity index (χ4n) is 2.10. The lowest BCUT2D eigenvalue weighted by atomic mass is 9.94. The van der Waals surface area contributed by atoms with Gasteiger partial charge in [0.05, 0.1) is 12.7 Å². The van der Waals surface area contributed by atoms with Crippen LogP contribution in [0.25, 0.3) is 0 Å². The smallest absolute Gasteiger partial charge is 0.274 e. The maximum absolute atomic E-state index is 12.2. The summed E-state index contributed by atoms with van der Waals surface area (Å²) >= 11 is 0. The number of hydrogen-bond donors (Lipinski definition) is 1. The molecule has 0 aromatic carbocycles. The van der Waals surface area contributed by atoms with Gasteiger partial charge in [-0.25, -0.2) is 4.68 Å². The zero-order valence-electron chi connectivity index (χ0n) is 11.0. The van der Waals surface area contributed by atoms with E-state index in [4.69, 9.17) is 4.74 Å². The van der Waals surface area contributed by atoms with E-state index in [2.05, 4.69) is 5.10 Å². The molecular formula is C12H19N3O3. The number of carbonyl (C=O) groups is 1. The summed E-state index contributed by atoms with van der Waals surface area (Å²) in [4.78, 5) is 13.9. The van der Waals surface area contributed by atoms with Gasteiger partial charge in [0.1, 0.15) is 0 Å². The Balaban J connectivity index is 2.07. The van der Waals surface area contributed by atoms with Crippen molar-refractivity contribution in [2.45, 2.75) is 25.4 Å². The van der Waals surface area contributed by atoms with E-state index in [1.54, 1.807) is 32.0 Å². The number of methoxy groups -OCH3 is 1. The van der Waals surface area contributed by atoms with Gasteiger partial charge < -0.3 is 14.7 Å². The number of aromatic nitrogens is 2. The molecule has 0 aliphatic carbocycles. The second kappa shape index (κ2) is 4.61. The topological polar surface area (TPSA) is 67.6 Å². The van der Waals surface area contributed by atoms with Crippen LogP contribution in [0.3, 0.4) is 0 Å². The average Bonchev–Trinajstić information content (AvgIpc) is 2.69. The van der Waals surface area contributed by atoms with E-state index in [9.17, 15) is 9.90 Å². The van der Waals surface area contributed by atoms with Gasteiger partial charge in [0.2, 0.25) is 5.88 Å². The molecule has 0 spiro atoms. The number of piperidine rings is 1. The molecular weight excluding hydrogens is 234 g/mol. The molecule has 1 saturated heterocycles. The number of hydrogen-bond acceptors (Lipinski definition) is 4. The van der Waals surface area contributed by atoms with Gasteiger partial charge in [-0.2, -0.15) is 5.10 Å². The lowest BCUT2D eigenvalue weighted by molar-refractivity contribution is -0.00221. The first kappa shape index (κ1) is 12.9. The van der Waals surface area contributed by atoms with E-state index in [0.29, 0.717) is 37.5 Å². The second-order valence-corrected chi connectivity index (χ2v) is 4.98. The van der Waals surface area contributed by atoms with Crippen molar-refractivity contribution >= 4 is 5.91 Å². The van der Waals surface area contributed by atoms with Gasteiger partial charge in [-0.05, 0) is 19.8 Å². The maximum Gasteiger partial charge on any atom is 0.274 e. The van der Waals surface area contributed by atoms with Gasteiger partial charge in [0.15, 0.2) is 5.69 Å². The molecule has 1 fully saturated rings. The van der Waals surface area contributed by atoms with Crippen molar-refractivity contribution in [3.63, 3.8) is 0 Å². The van der Waals surface area contributed by atoms with Gasteiger partial charge in [0, 0.05) is 26.2 Å². The molecule has 0 saturated carbocycles. The summed E-state index contributed by atoms with van der Waals surface area (Å²) in [5.41, 5.74) is -0.269. The highest BCUT2D eigenvalue weighted by Gasteiger charge is 2.31. The van der Waals surface area contributed by atoms with Crippen LogP contribution in [0, 0.1) is 0 Å². The first-order valence-corrected chi connectivity index (χ1v) is 6.03. The molecule has 6 nitrogen and oxygen atoms in total. The number of aryl methyl sites for hydroxylation is 1. The monoisotopic (exact) mass is 253 g/mol. The highest BCUT2D eigenvalue weighted by atomic mass is 16.5. The molecule has 1 N–H and O–H groups in total. The van der Waals surface area contributed by atoms with Crippen LogP contribution < -0.4 is 4.74 Å². The molecule has 1 aromatic heterocycles. The number of carbonyl (C=O) groups excluding carboxylic acids is 1. The number of likely N-dealkylation sites (tertiary alicyclic amines) is 1. The Kier molecular flexibility index (Phi) is 3.30. The van der Waals surface area contributed by atoms with Gasteiger partial charge in [-0.15, -0.1) is 0 Å². The van der Waals surface area contributed by atoms with Crippen molar-refractivity contribution in [2.75, 3.05) is 20.2 Å². The van der Waals surface area contributed by atoms with Crippen LogP contribution in [0.15, 0.2) is 6.07 Å². The fraction of sp³-hybridized carbons (Fsp3) is 0.667. The largest absolute Gasteiger partial charge is 0.481 e. The zero-order valence-corrected chi connectivity index (χ0v) is 11.0. The molecule has 0 radical (unpaired) electrons. The van der Waals surface area contributed by atoms with Crippen LogP contribution in [-0.2, 0) is 7.05 Å².